The molecule has 1 aromatic heterocycles. The van der Waals surface area contributed by atoms with Crippen LogP contribution in [0.3, 0.4) is 0 Å². The molecule has 7 nitrogen and oxygen atoms in total. The highest BCUT2D eigenvalue weighted by atomic mass is 32.1. The summed E-state index contributed by atoms with van der Waals surface area (Å²) in [6.07, 6.45) is 1.54. The Kier molecular flexibility index (Phi) is 5.48. The highest BCUT2D eigenvalue weighted by Crippen LogP contribution is 2.44. The number of carbonyl (C=O) groups excluding carboxylic acids is 2. The fourth-order valence-corrected chi connectivity index (χ4v) is 4.19. The molecule has 0 saturated carbocycles. The fourth-order valence-electron chi connectivity index (χ4n) is 3.52. The molecule has 1 aliphatic rings. The lowest BCUT2D eigenvalue weighted by Crippen LogP contribution is -2.29. The summed E-state index contributed by atoms with van der Waals surface area (Å²) in [6.45, 7) is 4.02. The van der Waals surface area contributed by atoms with Crippen molar-refractivity contribution in [2.24, 2.45) is 0 Å². The van der Waals surface area contributed by atoms with Gasteiger partial charge in [0, 0.05) is 17.1 Å². The van der Waals surface area contributed by atoms with Gasteiger partial charge in [-0.2, -0.15) is 0 Å². The first-order valence-electron chi connectivity index (χ1n) is 9.65. The number of nitrogens with zero attached hydrogens (tertiary/aromatic N) is 2. The largest absolute Gasteiger partial charge is 0.507 e. The number of aliphatic hydroxyl groups is 1. The molecule has 2 aromatic carbocycles. The lowest BCUT2D eigenvalue weighted by Gasteiger charge is -2.23. The van der Waals surface area contributed by atoms with Crippen LogP contribution < -0.4 is 9.64 Å². The lowest BCUT2D eigenvalue weighted by atomic mass is 9.95. The second-order valence-corrected chi connectivity index (χ2v) is 7.88. The topological polar surface area (TPSA) is 100.0 Å². The number of amides is 1. The van der Waals surface area contributed by atoms with Crippen LogP contribution in [-0.4, -0.2) is 33.5 Å². The lowest BCUT2D eigenvalue weighted by molar-refractivity contribution is -0.132. The maximum absolute atomic E-state index is 13.0. The van der Waals surface area contributed by atoms with Gasteiger partial charge in [0.15, 0.2) is 16.6 Å². The molecule has 0 aliphatic carbocycles. The van der Waals surface area contributed by atoms with Gasteiger partial charge in [-0.25, -0.2) is 4.98 Å². The van der Waals surface area contributed by atoms with Crippen molar-refractivity contribution < 1.29 is 24.5 Å². The van der Waals surface area contributed by atoms with E-state index in [0.29, 0.717) is 22.9 Å². The molecule has 31 heavy (non-hydrogen) atoms. The minimum atomic E-state index is -0.924. The number of hydrogen-bond donors (Lipinski definition) is 2. The van der Waals surface area contributed by atoms with Crippen molar-refractivity contribution in [1.29, 1.82) is 0 Å². The number of aromatic nitrogens is 1. The zero-order valence-electron chi connectivity index (χ0n) is 16.9. The molecule has 158 valence electrons. The number of rotatable bonds is 5. The van der Waals surface area contributed by atoms with Gasteiger partial charge in [0.25, 0.3) is 5.78 Å². The quantitative estimate of drug-likeness (QED) is 0.354. The molecule has 0 radical (unpaired) electrons. The number of Topliss-reactive ketones (excluding diaryl/α,β-unsaturated/α-hetero) is 1. The molecule has 4 rings (SSSR count). The second kappa shape index (κ2) is 8.23. The van der Waals surface area contributed by atoms with Crippen LogP contribution in [0.25, 0.3) is 5.76 Å². The molecule has 2 N–H and O–H groups in total. The van der Waals surface area contributed by atoms with E-state index in [-0.39, 0.29) is 22.8 Å². The predicted molar refractivity (Wildman–Crippen MR) is 117 cm³/mol. The van der Waals surface area contributed by atoms with E-state index in [1.807, 2.05) is 19.1 Å². The number of benzene rings is 2. The normalized spacial score (nSPS) is 17.9. The number of ketones is 1. The molecule has 0 bridgehead atoms. The number of aryl methyl sites for hydroxylation is 1. The summed E-state index contributed by atoms with van der Waals surface area (Å²) in [7, 11) is 0. The molecular formula is C23H20N2O5S. The molecule has 1 atom stereocenters. The highest BCUT2D eigenvalue weighted by molar-refractivity contribution is 7.14. The molecule has 0 unspecified atom stereocenters. The van der Waals surface area contributed by atoms with E-state index in [4.69, 9.17) is 4.74 Å². The molecular weight excluding hydrogens is 416 g/mol. The van der Waals surface area contributed by atoms with Crippen LogP contribution in [0, 0.1) is 6.92 Å². The summed E-state index contributed by atoms with van der Waals surface area (Å²) >= 11 is 1.21. The Labute approximate surface area is 182 Å². The summed E-state index contributed by atoms with van der Waals surface area (Å²) in [5, 5.41) is 23.2. The molecule has 1 amide bonds. The summed E-state index contributed by atoms with van der Waals surface area (Å²) in [4.78, 5) is 31.5. The van der Waals surface area contributed by atoms with Gasteiger partial charge in [-0.1, -0.05) is 35.9 Å². The van der Waals surface area contributed by atoms with Gasteiger partial charge in [0.1, 0.15) is 5.76 Å². The van der Waals surface area contributed by atoms with Gasteiger partial charge >= 0.3 is 5.91 Å². The number of carbonyl (C=O) groups is 2. The van der Waals surface area contributed by atoms with Crippen molar-refractivity contribution in [1.82, 2.24) is 4.98 Å². The second-order valence-electron chi connectivity index (χ2n) is 7.01. The number of aromatic hydroxyl groups is 1. The van der Waals surface area contributed by atoms with Crippen LogP contribution in [0.2, 0.25) is 0 Å². The minimum absolute atomic E-state index is 0.0443. The number of phenolic OH excluding ortho intramolecular Hbond substituents is 1. The smallest absolute Gasteiger partial charge is 0.301 e. The van der Waals surface area contributed by atoms with E-state index in [0.717, 1.165) is 5.56 Å². The highest BCUT2D eigenvalue weighted by Gasteiger charge is 2.48. The number of anilines is 1. The molecule has 0 spiro atoms. The Hall–Kier alpha value is -3.65. The van der Waals surface area contributed by atoms with E-state index in [2.05, 4.69) is 4.98 Å². The monoisotopic (exact) mass is 436 g/mol. The summed E-state index contributed by atoms with van der Waals surface area (Å²) in [5.74, 6) is -1.69. The number of hydrogen-bond acceptors (Lipinski definition) is 7. The van der Waals surface area contributed by atoms with E-state index >= 15 is 0 Å². The molecule has 1 fully saturated rings. The van der Waals surface area contributed by atoms with E-state index in [1.165, 1.54) is 22.3 Å². The van der Waals surface area contributed by atoms with E-state index in [9.17, 15) is 19.8 Å². The average molecular weight is 436 g/mol. The van der Waals surface area contributed by atoms with Gasteiger partial charge < -0.3 is 14.9 Å². The molecule has 1 aliphatic heterocycles. The Morgan fingerprint density at radius 3 is 2.58 bits per heavy atom. The Morgan fingerprint density at radius 2 is 1.94 bits per heavy atom. The summed E-state index contributed by atoms with van der Waals surface area (Å²) in [5.41, 5.74) is 1.88. The maximum atomic E-state index is 13.0. The predicted octanol–water partition coefficient (Wildman–Crippen LogP) is 4.18. The van der Waals surface area contributed by atoms with Gasteiger partial charge in [-0.15, -0.1) is 11.3 Å². The third-order valence-electron chi connectivity index (χ3n) is 4.99. The first-order chi connectivity index (χ1) is 14.9. The zero-order valence-corrected chi connectivity index (χ0v) is 17.7. The molecule has 8 heteroatoms. The number of ether oxygens (including phenoxy) is 1. The third kappa shape index (κ3) is 3.66. The van der Waals surface area contributed by atoms with Crippen molar-refractivity contribution in [3.63, 3.8) is 0 Å². The van der Waals surface area contributed by atoms with Gasteiger partial charge in [0.2, 0.25) is 0 Å². The van der Waals surface area contributed by atoms with Gasteiger partial charge in [0.05, 0.1) is 18.2 Å². The van der Waals surface area contributed by atoms with Crippen molar-refractivity contribution in [2.75, 3.05) is 11.5 Å². The SMILES string of the molecule is CCOc1cc([C@@H]2C(=C(O)c3ccc(C)cc3)C(=O)C(=O)N2c2nccs2)ccc1O. The number of phenols is 1. The van der Waals surface area contributed by atoms with Crippen molar-refractivity contribution in [3.8, 4) is 11.5 Å². The van der Waals surface area contributed by atoms with Crippen molar-refractivity contribution >= 4 is 33.9 Å². The van der Waals surface area contributed by atoms with Crippen molar-refractivity contribution in [3.05, 3.63) is 76.3 Å². The van der Waals surface area contributed by atoms with Crippen LogP contribution in [0.4, 0.5) is 5.13 Å². The molecule has 1 saturated heterocycles. The Bertz CT molecular complexity index is 1170. The van der Waals surface area contributed by atoms with Crippen LogP contribution in [0.5, 0.6) is 11.5 Å². The molecule has 2 heterocycles. The zero-order chi connectivity index (χ0) is 22.1. The van der Waals surface area contributed by atoms with E-state index < -0.39 is 17.7 Å². The van der Waals surface area contributed by atoms with Crippen molar-refractivity contribution in [2.45, 2.75) is 19.9 Å². The summed E-state index contributed by atoms with van der Waals surface area (Å²) < 4.78 is 5.48. The first-order valence-corrected chi connectivity index (χ1v) is 10.5. The van der Waals surface area contributed by atoms with Gasteiger partial charge in [-0.3, -0.25) is 14.5 Å². The van der Waals surface area contributed by atoms with Crippen LogP contribution >= 0.6 is 11.3 Å². The van der Waals surface area contributed by atoms with Crippen LogP contribution in [0.1, 0.15) is 29.7 Å². The fraction of sp³-hybridized carbons (Fsp3) is 0.174. The van der Waals surface area contributed by atoms with E-state index in [1.54, 1.807) is 42.8 Å². The standard InChI is InChI=1S/C23H20N2O5S/c1-3-30-17-12-15(8-9-16(17)26)19-18(20(27)14-6-4-13(2)5-7-14)21(28)22(29)25(19)23-24-10-11-31-23/h4-12,19,26-27H,3H2,1-2H3/t19-/m1/s1. The minimum Gasteiger partial charge on any atom is -0.507 e. The average Bonchev–Trinajstić information content (AvgIpc) is 3.37. The maximum Gasteiger partial charge on any atom is 0.301 e. The number of aliphatic hydroxyl groups excluding tert-OH is 1. The van der Waals surface area contributed by atoms with Crippen LogP contribution in [-0.2, 0) is 9.59 Å². The summed E-state index contributed by atoms with van der Waals surface area (Å²) in [6, 6.07) is 10.7. The van der Waals surface area contributed by atoms with Crippen LogP contribution in [0.15, 0.2) is 59.6 Å². The Morgan fingerprint density at radius 1 is 1.19 bits per heavy atom. The molecule has 3 aromatic rings. The first kappa shape index (κ1) is 20.6. The number of thiazole rings is 1. The third-order valence-corrected chi connectivity index (χ3v) is 5.76. The Balaban J connectivity index is 1.94. The van der Waals surface area contributed by atoms with Gasteiger partial charge in [-0.05, 0) is 31.5 Å².